The van der Waals surface area contributed by atoms with Gasteiger partial charge in [-0.25, -0.2) is 0 Å². The minimum atomic E-state index is -0.973. The molecule has 3 N–H and O–H groups in total. The normalized spacial score (nSPS) is 32.3. The highest BCUT2D eigenvalue weighted by molar-refractivity contribution is 5.45. The molecule has 2 aliphatic rings. The summed E-state index contributed by atoms with van der Waals surface area (Å²) in [5, 5.41) is 21.6. The molecule has 19 heavy (non-hydrogen) atoms. The van der Waals surface area contributed by atoms with Gasteiger partial charge in [-0.2, -0.15) is 10.5 Å². The summed E-state index contributed by atoms with van der Waals surface area (Å²) in [5.41, 5.74) is 6.06. The molecular formula is C14H12N4O. The van der Waals surface area contributed by atoms with E-state index in [-0.39, 0.29) is 11.9 Å². The summed E-state index contributed by atoms with van der Waals surface area (Å²) in [6.07, 6.45) is -0.304. The number of hydrogen-bond donors (Lipinski definition) is 2. The molecule has 2 aliphatic heterocycles. The van der Waals surface area contributed by atoms with E-state index in [0.717, 1.165) is 5.56 Å². The lowest BCUT2D eigenvalue weighted by Gasteiger charge is -2.17. The molecule has 0 bridgehead atoms. The van der Waals surface area contributed by atoms with Crippen molar-refractivity contribution in [3.05, 3.63) is 47.3 Å². The van der Waals surface area contributed by atoms with Gasteiger partial charge in [-0.05, 0) is 5.56 Å². The number of hydrogen-bond acceptors (Lipinski definition) is 5. The third-order valence-corrected chi connectivity index (χ3v) is 3.74. The molecule has 0 aliphatic carbocycles. The molecule has 0 unspecified atom stereocenters. The fourth-order valence-corrected chi connectivity index (χ4v) is 2.76. The van der Waals surface area contributed by atoms with E-state index < -0.39 is 11.6 Å². The summed E-state index contributed by atoms with van der Waals surface area (Å²) in [7, 11) is 0. The van der Waals surface area contributed by atoms with Crippen molar-refractivity contribution >= 4 is 0 Å². The van der Waals surface area contributed by atoms with Crippen LogP contribution < -0.4 is 11.1 Å². The summed E-state index contributed by atoms with van der Waals surface area (Å²) in [6, 6.07) is 13.9. The number of nitrogens with zero attached hydrogens (tertiary/aromatic N) is 2. The van der Waals surface area contributed by atoms with Crippen LogP contribution in [0.25, 0.3) is 0 Å². The lowest BCUT2D eigenvalue weighted by molar-refractivity contribution is 0.0207. The van der Waals surface area contributed by atoms with Crippen LogP contribution in [-0.2, 0) is 4.74 Å². The van der Waals surface area contributed by atoms with Gasteiger partial charge in [0.05, 0.1) is 17.7 Å². The Balaban J connectivity index is 1.98. The topological polar surface area (TPSA) is 94.9 Å². The molecule has 0 aromatic heterocycles. The third-order valence-electron chi connectivity index (χ3n) is 3.74. The van der Waals surface area contributed by atoms with Crippen LogP contribution in [0.5, 0.6) is 0 Å². The first-order chi connectivity index (χ1) is 9.21. The Bertz CT molecular complexity index is 625. The molecular weight excluding hydrogens is 240 g/mol. The van der Waals surface area contributed by atoms with Crippen LogP contribution in [0, 0.1) is 28.1 Å². The molecule has 0 saturated carbocycles. The minimum Gasteiger partial charge on any atom is -0.385 e. The van der Waals surface area contributed by atoms with Crippen LogP contribution in [0.4, 0.5) is 0 Å². The smallest absolute Gasteiger partial charge is 0.153 e. The lowest BCUT2D eigenvalue weighted by atomic mass is 9.79. The van der Waals surface area contributed by atoms with Crippen LogP contribution in [-0.4, -0.2) is 6.23 Å². The highest BCUT2D eigenvalue weighted by Crippen LogP contribution is 2.51. The summed E-state index contributed by atoms with van der Waals surface area (Å²) in [6.45, 7) is 0. The molecule has 5 nitrogen and oxygen atoms in total. The zero-order valence-electron chi connectivity index (χ0n) is 10.1. The second-order valence-electron chi connectivity index (χ2n) is 4.75. The molecule has 1 fully saturated rings. The van der Waals surface area contributed by atoms with E-state index in [4.69, 9.17) is 10.5 Å². The predicted molar refractivity (Wildman–Crippen MR) is 66.7 cm³/mol. The van der Waals surface area contributed by atoms with Gasteiger partial charge in [0, 0.05) is 6.42 Å². The van der Waals surface area contributed by atoms with Crippen molar-refractivity contribution in [1.29, 1.82) is 10.5 Å². The Labute approximate surface area is 110 Å². The average Bonchev–Trinajstić information content (AvgIpc) is 2.91. The van der Waals surface area contributed by atoms with Crippen LogP contribution in [0.3, 0.4) is 0 Å². The number of benzene rings is 1. The molecule has 1 aromatic rings. The summed E-state index contributed by atoms with van der Waals surface area (Å²) in [5.74, 6) is 0.251. The van der Waals surface area contributed by atoms with Crippen LogP contribution in [0.1, 0.15) is 18.1 Å². The first-order valence-corrected chi connectivity index (χ1v) is 6.00. The van der Waals surface area contributed by atoms with Gasteiger partial charge in [0.2, 0.25) is 0 Å². The van der Waals surface area contributed by atoms with Gasteiger partial charge in [-0.15, -0.1) is 0 Å². The molecule has 5 heteroatoms. The Hall–Kier alpha value is -2.50. The van der Waals surface area contributed by atoms with Crippen molar-refractivity contribution in [2.24, 2.45) is 11.1 Å². The lowest BCUT2D eigenvalue weighted by Crippen LogP contribution is -2.35. The molecule has 2 heterocycles. The van der Waals surface area contributed by atoms with Gasteiger partial charge in [0.15, 0.2) is 6.23 Å². The van der Waals surface area contributed by atoms with Gasteiger partial charge in [-0.1, -0.05) is 30.3 Å². The van der Waals surface area contributed by atoms with Crippen molar-refractivity contribution in [2.45, 2.75) is 18.8 Å². The SMILES string of the molecule is N#CC1=C(N)N[C@@H]2O[C@@H](c3ccccc3)C[C@]12C#N. The largest absolute Gasteiger partial charge is 0.385 e. The monoisotopic (exact) mass is 252 g/mol. The number of fused-ring (bicyclic) bond motifs is 1. The van der Waals surface area contributed by atoms with Gasteiger partial charge in [0.1, 0.15) is 17.3 Å². The molecule has 1 saturated heterocycles. The van der Waals surface area contributed by atoms with E-state index in [9.17, 15) is 10.5 Å². The van der Waals surface area contributed by atoms with Crippen LogP contribution in [0.2, 0.25) is 0 Å². The zero-order chi connectivity index (χ0) is 13.5. The van der Waals surface area contributed by atoms with E-state index in [2.05, 4.69) is 11.4 Å². The quantitative estimate of drug-likeness (QED) is 0.785. The number of ether oxygens (including phenoxy) is 1. The van der Waals surface area contributed by atoms with Crippen molar-refractivity contribution in [2.75, 3.05) is 0 Å². The Kier molecular flexibility index (Phi) is 2.45. The molecule has 94 valence electrons. The van der Waals surface area contributed by atoms with E-state index in [0.29, 0.717) is 12.0 Å². The maximum Gasteiger partial charge on any atom is 0.153 e. The van der Waals surface area contributed by atoms with Crippen LogP contribution >= 0.6 is 0 Å². The van der Waals surface area contributed by atoms with Gasteiger partial charge >= 0.3 is 0 Å². The fraction of sp³-hybridized carbons (Fsp3) is 0.286. The van der Waals surface area contributed by atoms with Crippen molar-refractivity contribution in [1.82, 2.24) is 5.32 Å². The molecule has 3 rings (SSSR count). The number of nitrogens with two attached hydrogens (primary N) is 1. The Morgan fingerprint density at radius 1 is 1.32 bits per heavy atom. The fourth-order valence-electron chi connectivity index (χ4n) is 2.76. The Morgan fingerprint density at radius 3 is 2.68 bits per heavy atom. The van der Waals surface area contributed by atoms with Crippen molar-refractivity contribution < 1.29 is 4.74 Å². The molecule has 0 radical (unpaired) electrons. The van der Waals surface area contributed by atoms with E-state index >= 15 is 0 Å². The molecule has 0 amide bonds. The first kappa shape index (κ1) is 11.6. The maximum atomic E-state index is 9.50. The van der Waals surface area contributed by atoms with E-state index in [1.165, 1.54) is 0 Å². The molecule has 1 aromatic carbocycles. The van der Waals surface area contributed by atoms with Crippen LogP contribution in [0.15, 0.2) is 41.7 Å². The summed E-state index contributed by atoms with van der Waals surface area (Å²) in [4.78, 5) is 0. The van der Waals surface area contributed by atoms with Crippen molar-refractivity contribution in [3.8, 4) is 12.1 Å². The highest BCUT2D eigenvalue weighted by atomic mass is 16.5. The second kappa shape index (κ2) is 4.01. The number of nitriles is 2. The minimum absolute atomic E-state index is 0.199. The van der Waals surface area contributed by atoms with Crippen molar-refractivity contribution in [3.63, 3.8) is 0 Å². The number of rotatable bonds is 1. The van der Waals surface area contributed by atoms with Gasteiger partial charge in [0.25, 0.3) is 0 Å². The predicted octanol–water partition coefficient (Wildman–Crippen LogP) is 1.28. The first-order valence-electron chi connectivity index (χ1n) is 6.00. The van der Waals surface area contributed by atoms with E-state index in [1.807, 2.05) is 36.4 Å². The third kappa shape index (κ3) is 1.49. The van der Waals surface area contributed by atoms with E-state index in [1.54, 1.807) is 0 Å². The average molecular weight is 252 g/mol. The summed E-state index contributed by atoms with van der Waals surface area (Å²) < 4.78 is 5.86. The zero-order valence-corrected chi connectivity index (χ0v) is 10.1. The van der Waals surface area contributed by atoms with Gasteiger partial charge in [-0.3, -0.25) is 0 Å². The molecule has 0 spiro atoms. The maximum absolute atomic E-state index is 9.50. The Morgan fingerprint density at radius 2 is 2.05 bits per heavy atom. The number of nitrogens with one attached hydrogen (secondary N) is 1. The highest BCUT2D eigenvalue weighted by Gasteiger charge is 2.57. The second-order valence-corrected chi connectivity index (χ2v) is 4.75. The standard InChI is InChI=1S/C14H12N4O/c15-7-10-12(17)18-13-14(10,8-16)6-11(19-13)9-4-2-1-3-5-9/h1-5,11,13,18H,6,17H2/t11-,13-,14+/m1/s1. The van der Waals surface area contributed by atoms with Gasteiger partial charge < -0.3 is 15.8 Å². The molecule has 3 atom stereocenters. The summed E-state index contributed by atoms with van der Waals surface area (Å²) >= 11 is 0.